The number of nitriles is 1. The zero-order valence-corrected chi connectivity index (χ0v) is 39.1. The molecule has 0 amide bonds. The Kier molecular flexibility index (Phi) is 10.9. The molecule has 9 aromatic carbocycles. The summed E-state index contributed by atoms with van der Waals surface area (Å²) in [4.78, 5) is 21.6. The topological polar surface area (TPSA) is 80.3 Å². The summed E-state index contributed by atoms with van der Waals surface area (Å²) in [6.45, 7) is 4.32. The highest BCUT2D eigenvalue weighted by Gasteiger charge is 2.26. The quantitative estimate of drug-likeness (QED) is 0.144. The van der Waals surface area contributed by atoms with Crippen LogP contribution in [-0.4, -0.2) is 24.5 Å². The summed E-state index contributed by atoms with van der Waals surface area (Å²) in [5, 5.41) is 13.3. The van der Waals surface area contributed by atoms with Crippen LogP contribution in [0.15, 0.2) is 231 Å². The minimum atomic E-state index is 0.442. The van der Waals surface area contributed by atoms with Crippen molar-refractivity contribution in [1.29, 1.82) is 5.26 Å². The van der Waals surface area contributed by atoms with Crippen LogP contribution in [0, 0.1) is 25.2 Å². The first-order valence-corrected chi connectivity index (χ1v) is 23.8. The van der Waals surface area contributed by atoms with Gasteiger partial charge in [-0.15, -0.1) is 0 Å². The molecule has 0 bridgehead atoms. The first-order chi connectivity index (χ1) is 35.0. The molecule has 3 aromatic heterocycles. The first kappa shape index (κ1) is 42.8. The van der Waals surface area contributed by atoms with Crippen LogP contribution >= 0.6 is 0 Å². The Morgan fingerprint density at radius 1 is 0.338 bits per heavy atom. The van der Waals surface area contributed by atoms with Crippen molar-refractivity contribution in [2.45, 2.75) is 13.8 Å². The fourth-order valence-electron chi connectivity index (χ4n) is 9.83. The van der Waals surface area contributed by atoms with Gasteiger partial charge < -0.3 is 4.57 Å². The molecule has 0 N–H and O–H groups in total. The summed E-state index contributed by atoms with van der Waals surface area (Å²) in [6.07, 6.45) is 0. The maximum Gasteiger partial charge on any atom is 0.162 e. The van der Waals surface area contributed by atoms with Gasteiger partial charge in [0.25, 0.3) is 0 Å². The molecule has 0 aliphatic rings. The molecule has 0 spiro atoms. The van der Waals surface area contributed by atoms with E-state index in [1.807, 2.05) is 103 Å². The third-order valence-electron chi connectivity index (χ3n) is 13.4. The molecular weight excluding hydrogens is 865 g/mol. The SMILES string of the molecule is Cc1ccccc1-c1ccc2c3ccc(-c4ccccc4C)cc3n(-c3c(-c4cc(-c5ccccc5)nc(-c5ccccc5)n4)cc(C#N)cc3-c3nc(-c4ccccc4)cc(-c4ccccc4)n3)c2c1. The molecule has 0 atom stereocenters. The molecular formula is C65H44N6. The molecule has 0 radical (unpaired) electrons. The fraction of sp³-hybridized carbons (Fsp3) is 0.0308. The van der Waals surface area contributed by atoms with Gasteiger partial charge in [0, 0.05) is 44.2 Å². The molecule has 71 heavy (non-hydrogen) atoms. The number of fused-ring (bicyclic) bond motifs is 3. The van der Waals surface area contributed by atoms with Gasteiger partial charge >= 0.3 is 0 Å². The van der Waals surface area contributed by atoms with Crippen LogP contribution in [0.3, 0.4) is 0 Å². The molecule has 12 aromatic rings. The molecule has 3 heterocycles. The molecule has 0 fully saturated rings. The number of nitrogens with zero attached hydrogens (tertiary/aromatic N) is 6. The van der Waals surface area contributed by atoms with Crippen molar-refractivity contribution >= 4 is 21.8 Å². The van der Waals surface area contributed by atoms with Gasteiger partial charge in [-0.3, -0.25) is 0 Å². The predicted molar refractivity (Wildman–Crippen MR) is 290 cm³/mol. The van der Waals surface area contributed by atoms with E-state index in [9.17, 15) is 5.26 Å². The Hall–Kier alpha value is -9.57. The normalized spacial score (nSPS) is 11.2. The van der Waals surface area contributed by atoms with E-state index < -0.39 is 0 Å². The van der Waals surface area contributed by atoms with Gasteiger partial charge in [0.15, 0.2) is 11.6 Å². The van der Waals surface area contributed by atoms with Gasteiger partial charge in [-0.2, -0.15) is 5.26 Å². The number of rotatable bonds is 9. The molecule has 6 heteroatoms. The minimum absolute atomic E-state index is 0.442. The van der Waals surface area contributed by atoms with Crippen molar-refractivity contribution < 1.29 is 0 Å². The Bertz CT molecular complexity index is 3640. The van der Waals surface area contributed by atoms with Crippen LogP contribution in [-0.2, 0) is 0 Å². The second-order valence-corrected chi connectivity index (χ2v) is 17.8. The van der Waals surface area contributed by atoms with E-state index in [1.54, 1.807) is 0 Å². The summed E-state index contributed by atoms with van der Waals surface area (Å²) in [6, 6.07) is 81.9. The van der Waals surface area contributed by atoms with Gasteiger partial charge in [0.2, 0.25) is 0 Å². The lowest BCUT2D eigenvalue weighted by Gasteiger charge is -2.20. The molecule has 0 aliphatic carbocycles. The largest absolute Gasteiger partial charge is 0.308 e. The zero-order valence-electron chi connectivity index (χ0n) is 39.1. The number of benzene rings is 9. The zero-order chi connectivity index (χ0) is 47.8. The van der Waals surface area contributed by atoms with Crippen LogP contribution in [0.1, 0.15) is 16.7 Å². The van der Waals surface area contributed by atoms with Crippen LogP contribution in [0.2, 0.25) is 0 Å². The van der Waals surface area contributed by atoms with Gasteiger partial charge in [0.05, 0.1) is 51.1 Å². The van der Waals surface area contributed by atoms with E-state index in [1.165, 1.54) is 11.1 Å². The lowest BCUT2D eigenvalue weighted by atomic mass is 9.96. The molecule has 334 valence electrons. The van der Waals surface area contributed by atoms with E-state index in [2.05, 4.69) is 152 Å². The summed E-state index contributed by atoms with van der Waals surface area (Å²) in [7, 11) is 0. The van der Waals surface area contributed by atoms with E-state index in [-0.39, 0.29) is 0 Å². The van der Waals surface area contributed by atoms with Crippen molar-refractivity contribution in [2.75, 3.05) is 0 Å². The summed E-state index contributed by atoms with van der Waals surface area (Å²) < 4.78 is 2.37. The Labute approximate surface area is 412 Å². The Morgan fingerprint density at radius 3 is 1.20 bits per heavy atom. The smallest absolute Gasteiger partial charge is 0.162 e. The lowest BCUT2D eigenvalue weighted by molar-refractivity contribution is 1.13. The van der Waals surface area contributed by atoms with Gasteiger partial charge in [-0.25, -0.2) is 19.9 Å². The van der Waals surface area contributed by atoms with Crippen molar-refractivity contribution in [3.05, 3.63) is 247 Å². The second kappa shape index (κ2) is 18.2. The molecule has 0 unspecified atom stereocenters. The number of aryl methyl sites for hydroxylation is 2. The van der Waals surface area contributed by atoms with Crippen molar-refractivity contribution in [2.24, 2.45) is 0 Å². The van der Waals surface area contributed by atoms with Crippen LogP contribution < -0.4 is 0 Å². The second-order valence-electron chi connectivity index (χ2n) is 17.8. The first-order valence-electron chi connectivity index (χ1n) is 23.8. The highest BCUT2D eigenvalue weighted by Crippen LogP contribution is 2.45. The van der Waals surface area contributed by atoms with Gasteiger partial charge in [-0.1, -0.05) is 194 Å². The van der Waals surface area contributed by atoms with Gasteiger partial charge in [-0.05, 0) is 83.6 Å². The number of hydrogen-bond acceptors (Lipinski definition) is 5. The predicted octanol–water partition coefficient (Wildman–Crippen LogP) is 16.2. The third-order valence-corrected chi connectivity index (χ3v) is 13.4. The van der Waals surface area contributed by atoms with Crippen molar-refractivity contribution in [3.63, 3.8) is 0 Å². The number of aromatic nitrogens is 5. The van der Waals surface area contributed by atoms with Crippen LogP contribution in [0.4, 0.5) is 0 Å². The lowest BCUT2D eigenvalue weighted by Crippen LogP contribution is -2.06. The van der Waals surface area contributed by atoms with Crippen molar-refractivity contribution in [1.82, 2.24) is 24.5 Å². The minimum Gasteiger partial charge on any atom is -0.308 e. The van der Waals surface area contributed by atoms with E-state index in [0.717, 1.165) is 94.6 Å². The van der Waals surface area contributed by atoms with Crippen molar-refractivity contribution in [3.8, 4) is 102 Å². The monoisotopic (exact) mass is 908 g/mol. The average Bonchev–Trinajstić information content (AvgIpc) is 3.76. The van der Waals surface area contributed by atoms with Crippen LogP contribution in [0.5, 0.6) is 0 Å². The fourth-order valence-corrected chi connectivity index (χ4v) is 9.83. The van der Waals surface area contributed by atoms with Gasteiger partial charge in [0.1, 0.15) is 0 Å². The summed E-state index contributed by atoms with van der Waals surface area (Å²) in [5.74, 6) is 1.04. The standard InChI is InChI=1S/C65H44N6/c1-42-19-15-17-29-51(42)49-31-33-53-54-34-32-50(52-30-18-16-20-43(52)2)38-62(54)71(61(53)37-49)63-55(60-40-59(47-25-11-5-12-26-47)67-64(70-60)48-27-13-6-14-28-48)35-44(41-66)36-56(63)65-68-57(45-21-7-3-8-22-45)39-58(69-65)46-23-9-4-10-24-46/h3-40H,1-2H3. The Balaban J connectivity index is 1.27. The van der Waals surface area contributed by atoms with Crippen LogP contribution in [0.25, 0.3) is 118 Å². The summed E-state index contributed by atoms with van der Waals surface area (Å²) in [5.41, 5.74) is 18.1. The average molecular weight is 909 g/mol. The third kappa shape index (κ3) is 8.02. The molecule has 6 nitrogen and oxygen atoms in total. The molecule has 0 saturated carbocycles. The van der Waals surface area contributed by atoms with E-state index in [0.29, 0.717) is 28.5 Å². The number of hydrogen-bond donors (Lipinski definition) is 0. The van der Waals surface area contributed by atoms with E-state index >= 15 is 0 Å². The van der Waals surface area contributed by atoms with E-state index in [4.69, 9.17) is 19.9 Å². The highest BCUT2D eigenvalue weighted by molar-refractivity contribution is 6.12. The Morgan fingerprint density at radius 2 is 0.732 bits per heavy atom. The highest BCUT2D eigenvalue weighted by atomic mass is 15.0. The maximum absolute atomic E-state index is 11.1. The molecule has 12 rings (SSSR count). The molecule has 0 saturated heterocycles. The summed E-state index contributed by atoms with van der Waals surface area (Å²) >= 11 is 0. The molecule has 0 aliphatic heterocycles. The maximum atomic E-state index is 11.1.